The van der Waals surface area contributed by atoms with Gasteiger partial charge in [-0.3, -0.25) is 0 Å². The Labute approximate surface area is 63.2 Å². The molecule has 1 saturated carbocycles. The molecule has 0 aliphatic heterocycles. The van der Waals surface area contributed by atoms with Gasteiger partial charge in [-0.1, -0.05) is 11.3 Å². The van der Waals surface area contributed by atoms with E-state index in [4.69, 9.17) is 0 Å². The molecule has 1 aliphatic carbocycles. The van der Waals surface area contributed by atoms with Crippen LogP contribution in [0, 0.1) is 5.21 Å². The molecule has 0 saturated heterocycles. The van der Waals surface area contributed by atoms with Crippen LogP contribution >= 0.6 is 0 Å². The molecule has 0 amide bonds. The van der Waals surface area contributed by atoms with Crippen LogP contribution in [0.1, 0.15) is 25.7 Å². The van der Waals surface area contributed by atoms with Gasteiger partial charge in [0.05, 0.1) is 0 Å². The smallest absolute Gasteiger partial charge is 0.223 e. The highest BCUT2D eigenvalue weighted by Crippen LogP contribution is 2.23. The summed E-state index contributed by atoms with van der Waals surface area (Å²) in [5.41, 5.74) is 0. The van der Waals surface area contributed by atoms with E-state index in [9.17, 15) is 14.1 Å². The molecule has 1 rings (SSSR count). The van der Waals surface area contributed by atoms with Gasteiger partial charge in [-0.05, 0) is 17.3 Å². The summed E-state index contributed by atoms with van der Waals surface area (Å²) in [6.45, 7) is 0. The average Bonchev–Trinajstić information content (AvgIpc) is 2.04. The lowest BCUT2D eigenvalue weighted by atomic mass is 9.94. The molecule has 0 heterocycles. The zero-order valence-electron chi connectivity index (χ0n) is 6.04. The van der Waals surface area contributed by atoms with Crippen LogP contribution < -0.4 is 0 Å². The number of alkyl halides is 1. The molecular formula is C6H10F2N2O. The third-order valence-corrected chi connectivity index (χ3v) is 2.01. The quantitative estimate of drug-likeness (QED) is 0.332. The summed E-state index contributed by atoms with van der Waals surface area (Å²) >= 11 is 0. The highest BCUT2D eigenvalue weighted by molar-refractivity contribution is 4.73. The number of hydroxylamine groups is 1. The summed E-state index contributed by atoms with van der Waals surface area (Å²) in [5, 5.41) is 12.4. The summed E-state index contributed by atoms with van der Waals surface area (Å²) in [5.74, 6) is 0. The van der Waals surface area contributed by atoms with Crippen molar-refractivity contribution in [3.8, 4) is 0 Å². The predicted octanol–water partition coefficient (Wildman–Crippen LogP) is 2.11. The molecule has 0 N–H and O–H groups in total. The van der Waals surface area contributed by atoms with Crippen LogP contribution in [0.4, 0.5) is 8.87 Å². The van der Waals surface area contributed by atoms with Crippen molar-refractivity contribution >= 4 is 0 Å². The summed E-state index contributed by atoms with van der Waals surface area (Å²) in [7, 11) is 0. The first-order chi connectivity index (χ1) is 5.25. The maximum Gasteiger partial charge on any atom is 0.223 e. The van der Waals surface area contributed by atoms with Crippen molar-refractivity contribution in [2.24, 2.45) is 5.34 Å². The second-order valence-electron chi connectivity index (χ2n) is 2.75. The molecule has 5 heteroatoms. The molecule has 64 valence electrons. The van der Waals surface area contributed by atoms with Gasteiger partial charge in [0, 0.05) is 6.42 Å². The van der Waals surface area contributed by atoms with Gasteiger partial charge in [-0.2, -0.15) is 0 Å². The molecular weight excluding hydrogens is 154 g/mol. The van der Waals surface area contributed by atoms with Gasteiger partial charge in [-0.15, -0.1) is 0 Å². The van der Waals surface area contributed by atoms with Crippen LogP contribution in [0.25, 0.3) is 0 Å². The number of halogens is 2. The van der Waals surface area contributed by atoms with Crippen molar-refractivity contribution in [2.45, 2.75) is 37.9 Å². The van der Waals surface area contributed by atoms with Crippen LogP contribution in [-0.2, 0) is 0 Å². The molecule has 0 bridgehead atoms. The van der Waals surface area contributed by atoms with E-state index in [-0.39, 0.29) is 4.86 Å². The first-order valence-corrected chi connectivity index (χ1v) is 3.68. The van der Waals surface area contributed by atoms with Crippen molar-refractivity contribution in [1.82, 2.24) is 0 Å². The minimum absolute atomic E-state index is 0.163. The zero-order valence-corrected chi connectivity index (χ0v) is 6.04. The summed E-state index contributed by atoms with van der Waals surface area (Å²) in [4.78, 5) is -0.163. The lowest BCUT2D eigenvalue weighted by molar-refractivity contribution is -0.593. The highest BCUT2D eigenvalue weighted by atomic mass is 19.2. The van der Waals surface area contributed by atoms with E-state index in [1.54, 1.807) is 0 Å². The first kappa shape index (κ1) is 8.36. The topological polar surface area (TPSA) is 38.4 Å². The SMILES string of the molecule is [O-][N+](=NF)C1CCCCC1F. The number of rotatable bonds is 1. The van der Waals surface area contributed by atoms with Gasteiger partial charge in [0.25, 0.3) is 0 Å². The number of hydrogen-bond acceptors (Lipinski definition) is 2. The van der Waals surface area contributed by atoms with E-state index < -0.39 is 12.2 Å². The average molecular weight is 164 g/mol. The van der Waals surface area contributed by atoms with Crippen LogP contribution in [0.5, 0.6) is 0 Å². The molecule has 2 atom stereocenters. The van der Waals surface area contributed by atoms with Gasteiger partial charge in [-0.25, -0.2) is 4.39 Å². The predicted molar refractivity (Wildman–Crippen MR) is 34.3 cm³/mol. The molecule has 0 aromatic carbocycles. The second-order valence-corrected chi connectivity index (χ2v) is 2.75. The van der Waals surface area contributed by atoms with Crippen molar-refractivity contribution in [3.63, 3.8) is 0 Å². The lowest BCUT2D eigenvalue weighted by Crippen LogP contribution is -2.33. The Morgan fingerprint density at radius 3 is 2.55 bits per heavy atom. The molecule has 2 unspecified atom stereocenters. The fourth-order valence-electron chi connectivity index (χ4n) is 1.37. The van der Waals surface area contributed by atoms with Gasteiger partial charge in [0.2, 0.25) is 6.04 Å². The Morgan fingerprint density at radius 1 is 1.36 bits per heavy atom. The minimum atomic E-state index is -1.22. The number of hydrogen-bond donors (Lipinski definition) is 0. The Bertz CT molecular complexity index is 163. The van der Waals surface area contributed by atoms with E-state index in [2.05, 4.69) is 0 Å². The van der Waals surface area contributed by atoms with Crippen molar-refractivity contribution in [2.75, 3.05) is 0 Å². The van der Waals surface area contributed by atoms with Crippen LogP contribution in [0.15, 0.2) is 5.34 Å². The van der Waals surface area contributed by atoms with Gasteiger partial charge in [0.15, 0.2) is 11.5 Å². The fourth-order valence-corrected chi connectivity index (χ4v) is 1.37. The maximum atomic E-state index is 12.8. The largest absolute Gasteiger partial charge is 0.598 e. The molecule has 0 radical (unpaired) electrons. The van der Waals surface area contributed by atoms with E-state index in [1.807, 2.05) is 5.34 Å². The Hall–Kier alpha value is -0.740. The fraction of sp³-hybridized carbons (Fsp3) is 1.00. The monoisotopic (exact) mass is 164 g/mol. The van der Waals surface area contributed by atoms with Crippen molar-refractivity contribution in [3.05, 3.63) is 5.21 Å². The van der Waals surface area contributed by atoms with Gasteiger partial charge >= 0.3 is 0 Å². The third-order valence-electron chi connectivity index (χ3n) is 2.01. The summed E-state index contributed by atoms with van der Waals surface area (Å²) < 4.78 is 24.2. The van der Waals surface area contributed by atoms with Crippen LogP contribution in [0.2, 0.25) is 0 Å². The van der Waals surface area contributed by atoms with Crippen LogP contribution in [-0.4, -0.2) is 17.1 Å². The normalized spacial score (nSPS) is 33.8. The molecule has 0 aromatic rings. The van der Waals surface area contributed by atoms with E-state index >= 15 is 0 Å². The zero-order chi connectivity index (χ0) is 8.27. The molecule has 0 spiro atoms. The summed E-state index contributed by atoms with van der Waals surface area (Å²) in [6.07, 6.45) is 1.08. The molecule has 1 fully saturated rings. The first-order valence-electron chi connectivity index (χ1n) is 3.68. The Kier molecular flexibility index (Phi) is 2.73. The van der Waals surface area contributed by atoms with E-state index in [0.29, 0.717) is 12.8 Å². The van der Waals surface area contributed by atoms with E-state index in [1.165, 1.54) is 0 Å². The third kappa shape index (κ3) is 1.85. The molecule has 1 aliphatic rings. The van der Waals surface area contributed by atoms with Crippen molar-refractivity contribution < 1.29 is 13.7 Å². The second kappa shape index (κ2) is 3.59. The van der Waals surface area contributed by atoms with Gasteiger partial charge in [0.1, 0.15) is 0 Å². The Morgan fingerprint density at radius 2 is 2.00 bits per heavy atom. The highest BCUT2D eigenvalue weighted by Gasteiger charge is 2.32. The molecule has 11 heavy (non-hydrogen) atoms. The van der Waals surface area contributed by atoms with Gasteiger partial charge < -0.3 is 5.21 Å². The minimum Gasteiger partial charge on any atom is -0.598 e. The van der Waals surface area contributed by atoms with Crippen LogP contribution in [0.3, 0.4) is 0 Å². The molecule has 3 nitrogen and oxygen atoms in total. The maximum absolute atomic E-state index is 12.8. The summed E-state index contributed by atoms with van der Waals surface area (Å²) in [6, 6.07) is -0.895. The Balaban J connectivity index is 2.54. The molecule has 0 aromatic heterocycles. The van der Waals surface area contributed by atoms with Crippen molar-refractivity contribution in [1.29, 1.82) is 0 Å². The van der Waals surface area contributed by atoms with E-state index in [0.717, 1.165) is 12.8 Å². The lowest BCUT2D eigenvalue weighted by Gasteiger charge is -2.20. The standard InChI is InChI=1S/C6H10F2N2O/c7-5-3-1-2-4-6(5)10(11)9-8/h5-6H,1-4H2. The number of nitrogens with zero attached hydrogens (tertiary/aromatic N) is 2.